The molecule has 2 nitrogen and oxygen atoms in total. The Balaban J connectivity index is 2.10. The molecule has 3 heteroatoms. The third kappa shape index (κ3) is 2.15. The third-order valence-electron chi connectivity index (χ3n) is 2.23. The monoisotopic (exact) mass is 194 g/mol. The first-order valence-corrected chi connectivity index (χ1v) is 5.77. The van der Waals surface area contributed by atoms with E-state index in [9.17, 15) is 0 Å². The number of thioether (sulfide) groups is 1. The molecular formula is C10H14N2S. The van der Waals surface area contributed by atoms with E-state index < -0.39 is 0 Å². The maximum Gasteiger partial charge on any atom is 0.128 e. The predicted octanol–water partition coefficient (Wildman–Crippen LogP) is 1.94. The molecule has 0 radical (unpaired) electrons. The number of anilines is 1. The fourth-order valence-electron chi connectivity index (χ4n) is 1.44. The van der Waals surface area contributed by atoms with Crippen molar-refractivity contribution in [2.75, 3.05) is 29.5 Å². The lowest BCUT2D eigenvalue weighted by atomic mass is 10.3. The maximum atomic E-state index is 4.42. The van der Waals surface area contributed by atoms with E-state index in [0.717, 1.165) is 18.9 Å². The summed E-state index contributed by atoms with van der Waals surface area (Å²) >= 11 is 2.03. The number of aromatic nitrogens is 1. The normalized spacial score (nSPS) is 17.5. The van der Waals surface area contributed by atoms with Crippen LogP contribution in [0, 0.1) is 6.92 Å². The highest BCUT2D eigenvalue weighted by molar-refractivity contribution is 7.99. The Kier molecular flexibility index (Phi) is 2.74. The van der Waals surface area contributed by atoms with Crippen molar-refractivity contribution in [3.8, 4) is 0 Å². The summed E-state index contributed by atoms with van der Waals surface area (Å²) in [5, 5.41) is 0. The second-order valence-corrected chi connectivity index (χ2v) is 4.52. The summed E-state index contributed by atoms with van der Waals surface area (Å²) in [5.74, 6) is 3.59. The number of hydrogen-bond donors (Lipinski definition) is 0. The molecule has 13 heavy (non-hydrogen) atoms. The zero-order valence-corrected chi connectivity index (χ0v) is 8.68. The molecule has 2 heterocycles. The third-order valence-corrected chi connectivity index (χ3v) is 3.17. The van der Waals surface area contributed by atoms with E-state index in [1.807, 2.05) is 18.0 Å². The van der Waals surface area contributed by atoms with Gasteiger partial charge in [-0.15, -0.1) is 0 Å². The van der Waals surface area contributed by atoms with Gasteiger partial charge in [0, 0.05) is 30.8 Å². The van der Waals surface area contributed by atoms with Crippen LogP contribution in [0.25, 0.3) is 0 Å². The summed E-state index contributed by atoms with van der Waals surface area (Å²) < 4.78 is 0. The Morgan fingerprint density at radius 1 is 1.31 bits per heavy atom. The standard InChI is InChI=1S/C10H14N2S/c1-9-2-3-10(11-8-9)12-4-6-13-7-5-12/h2-3,8H,4-7H2,1H3. The van der Waals surface area contributed by atoms with Gasteiger partial charge in [-0.1, -0.05) is 6.07 Å². The van der Waals surface area contributed by atoms with Crippen LogP contribution < -0.4 is 4.90 Å². The van der Waals surface area contributed by atoms with Crippen molar-refractivity contribution in [1.29, 1.82) is 0 Å². The number of hydrogen-bond acceptors (Lipinski definition) is 3. The van der Waals surface area contributed by atoms with Gasteiger partial charge in [-0.05, 0) is 18.6 Å². The molecule has 0 bridgehead atoms. The van der Waals surface area contributed by atoms with Crippen LogP contribution in [0.5, 0.6) is 0 Å². The van der Waals surface area contributed by atoms with Crippen molar-refractivity contribution in [2.24, 2.45) is 0 Å². The van der Waals surface area contributed by atoms with Crippen LogP contribution in [-0.2, 0) is 0 Å². The van der Waals surface area contributed by atoms with Gasteiger partial charge in [0.1, 0.15) is 5.82 Å². The van der Waals surface area contributed by atoms with Crippen LogP contribution in [0.1, 0.15) is 5.56 Å². The maximum absolute atomic E-state index is 4.42. The molecule has 0 aliphatic carbocycles. The number of pyridine rings is 1. The van der Waals surface area contributed by atoms with Gasteiger partial charge < -0.3 is 4.90 Å². The van der Waals surface area contributed by atoms with E-state index >= 15 is 0 Å². The van der Waals surface area contributed by atoms with Crippen LogP contribution in [0.3, 0.4) is 0 Å². The number of nitrogens with zero attached hydrogens (tertiary/aromatic N) is 2. The average Bonchev–Trinajstić information content (AvgIpc) is 2.20. The van der Waals surface area contributed by atoms with Gasteiger partial charge in [0.2, 0.25) is 0 Å². The minimum Gasteiger partial charge on any atom is -0.355 e. The molecule has 0 saturated carbocycles. The molecule has 1 aromatic heterocycles. The lowest BCUT2D eigenvalue weighted by Crippen LogP contribution is -2.32. The Bertz CT molecular complexity index is 265. The second-order valence-electron chi connectivity index (χ2n) is 3.29. The van der Waals surface area contributed by atoms with Crippen LogP contribution in [0.4, 0.5) is 5.82 Å². The van der Waals surface area contributed by atoms with Crippen molar-refractivity contribution in [1.82, 2.24) is 4.98 Å². The fourth-order valence-corrected chi connectivity index (χ4v) is 2.34. The predicted molar refractivity (Wildman–Crippen MR) is 58.5 cm³/mol. The smallest absolute Gasteiger partial charge is 0.128 e. The van der Waals surface area contributed by atoms with Crippen molar-refractivity contribution < 1.29 is 0 Å². The van der Waals surface area contributed by atoms with E-state index in [4.69, 9.17) is 0 Å². The highest BCUT2D eigenvalue weighted by Gasteiger charge is 2.11. The molecule has 0 spiro atoms. The van der Waals surface area contributed by atoms with Crippen LogP contribution in [-0.4, -0.2) is 29.6 Å². The van der Waals surface area contributed by atoms with Crippen molar-refractivity contribution in [3.63, 3.8) is 0 Å². The molecule has 0 amide bonds. The molecule has 0 unspecified atom stereocenters. The van der Waals surface area contributed by atoms with Gasteiger partial charge in [0.15, 0.2) is 0 Å². The van der Waals surface area contributed by atoms with Crippen LogP contribution >= 0.6 is 11.8 Å². The Morgan fingerprint density at radius 3 is 2.69 bits per heavy atom. The molecule has 70 valence electrons. The number of aryl methyl sites for hydroxylation is 1. The molecule has 0 atom stereocenters. The molecule has 1 fully saturated rings. The van der Waals surface area contributed by atoms with Gasteiger partial charge >= 0.3 is 0 Å². The fraction of sp³-hybridized carbons (Fsp3) is 0.500. The van der Waals surface area contributed by atoms with Gasteiger partial charge in [0.05, 0.1) is 0 Å². The van der Waals surface area contributed by atoms with Crippen molar-refractivity contribution in [3.05, 3.63) is 23.9 Å². The zero-order valence-electron chi connectivity index (χ0n) is 7.86. The molecule has 2 rings (SSSR count). The molecular weight excluding hydrogens is 180 g/mol. The first kappa shape index (κ1) is 8.88. The second kappa shape index (κ2) is 4.01. The first-order valence-electron chi connectivity index (χ1n) is 4.61. The van der Waals surface area contributed by atoms with Crippen molar-refractivity contribution in [2.45, 2.75) is 6.92 Å². The molecule has 1 aliphatic rings. The van der Waals surface area contributed by atoms with Gasteiger partial charge in [-0.25, -0.2) is 4.98 Å². The highest BCUT2D eigenvalue weighted by atomic mass is 32.2. The summed E-state index contributed by atoms with van der Waals surface area (Å²) in [6, 6.07) is 4.25. The van der Waals surface area contributed by atoms with Gasteiger partial charge in [-0.2, -0.15) is 11.8 Å². The minimum absolute atomic E-state index is 1.13. The molecule has 0 N–H and O–H groups in total. The quantitative estimate of drug-likeness (QED) is 0.679. The SMILES string of the molecule is Cc1ccc(N2CCSCC2)nc1. The van der Waals surface area contributed by atoms with E-state index in [0.29, 0.717) is 0 Å². The zero-order chi connectivity index (χ0) is 9.10. The van der Waals surface area contributed by atoms with Crippen LogP contribution in [0.2, 0.25) is 0 Å². The molecule has 1 aromatic rings. The summed E-state index contributed by atoms with van der Waals surface area (Å²) in [5.41, 5.74) is 1.23. The van der Waals surface area contributed by atoms with Gasteiger partial charge in [-0.3, -0.25) is 0 Å². The first-order chi connectivity index (χ1) is 6.36. The molecule has 0 aromatic carbocycles. The average molecular weight is 194 g/mol. The Morgan fingerprint density at radius 2 is 2.08 bits per heavy atom. The summed E-state index contributed by atoms with van der Waals surface area (Å²) in [4.78, 5) is 6.78. The van der Waals surface area contributed by atoms with Gasteiger partial charge in [0.25, 0.3) is 0 Å². The summed E-state index contributed by atoms with van der Waals surface area (Å²) in [7, 11) is 0. The summed E-state index contributed by atoms with van der Waals surface area (Å²) in [6.45, 7) is 4.35. The largest absolute Gasteiger partial charge is 0.355 e. The lowest BCUT2D eigenvalue weighted by molar-refractivity contribution is 0.838. The molecule has 1 saturated heterocycles. The topological polar surface area (TPSA) is 16.1 Å². The Hall–Kier alpha value is -0.700. The van der Waals surface area contributed by atoms with E-state index in [2.05, 4.69) is 28.9 Å². The Labute approximate surface area is 83.4 Å². The minimum atomic E-state index is 1.13. The van der Waals surface area contributed by atoms with Crippen molar-refractivity contribution >= 4 is 17.6 Å². The highest BCUT2D eigenvalue weighted by Crippen LogP contribution is 2.16. The number of rotatable bonds is 1. The summed E-state index contributed by atoms with van der Waals surface area (Å²) in [6.07, 6.45) is 1.94. The lowest BCUT2D eigenvalue weighted by Gasteiger charge is -2.27. The van der Waals surface area contributed by atoms with E-state index in [1.165, 1.54) is 17.1 Å². The van der Waals surface area contributed by atoms with E-state index in [1.54, 1.807) is 0 Å². The molecule has 1 aliphatic heterocycles. The van der Waals surface area contributed by atoms with Crippen LogP contribution in [0.15, 0.2) is 18.3 Å². The van der Waals surface area contributed by atoms with E-state index in [-0.39, 0.29) is 0 Å².